The lowest BCUT2D eigenvalue weighted by Gasteiger charge is -2.22. The van der Waals surface area contributed by atoms with Crippen molar-refractivity contribution in [1.82, 2.24) is 0 Å². The highest BCUT2D eigenvalue weighted by molar-refractivity contribution is 5.85. The summed E-state index contributed by atoms with van der Waals surface area (Å²) < 4.78 is 26.5. The highest BCUT2D eigenvalue weighted by Gasteiger charge is 2.12. The first kappa shape index (κ1) is 15.2. The molecule has 0 bridgehead atoms. The molecule has 0 atom stereocenters. The number of ketones is 1. The highest BCUT2D eigenvalue weighted by atomic mass is 19.1. The van der Waals surface area contributed by atoms with Crippen LogP contribution in [0.15, 0.2) is 48.5 Å². The Morgan fingerprint density at radius 3 is 2.33 bits per heavy atom. The van der Waals surface area contributed by atoms with E-state index >= 15 is 0 Å². The average Bonchev–Trinajstić information content (AvgIpc) is 2.48. The van der Waals surface area contributed by atoms with E-state index in [4.69, 9.17) is 0 Å². The minimum absolute atomic E-state index is 0.0599. The maximum absolute atomic E-state index is 13.5. The SMILES string of the molecule is CCN(CC(=O)Cc1ccccc1F)c1ccc(F)cc1. The van der Waals surface area contributed by atoms with E-state index in [1.54, 1.807) is 30.3 Å². The number of benzene rings is 2. The Kier molecular flexibility index (Phi) is 5.04. The Hall–Kier alpha value is -2.23. The number of likely N-dealkylation sites (N-methyl/N-ethyl adjacent to an activating group) is 1. The van der Waals surface area contributed by atoms with E-state index in [0.29, 0.717) is 12.1 Å². The van der Waals surface area contributed by atoms with Crippen molar-refractivity contribution in [2.45, 2.75) is 13.3 Å². The number of carbonyl (C=O) groups is 1. The molecule has 110 valence electrons. The lowest BCUT2D eigenvalue weighted by Crippen LogP contribution is -2.30. The van der Waals surface area contributed by atoms with Crippen molar-refractivity contribution in [2.75, 3.05) is 18.0 Å². The predicted molar refractivity (Wildman–Crippen MR) is 79.4 cm³/mol. The Bertz CT molecular complexity index is 610. The van der Waals surface area contributed by atoms with Crippen molar-refractivity contribution >= 4 is 11.5 Å². The first-order valence-electron chi connectivity index (χ1n) is 6.85. The molecule has 0 aliphatic heterocycles. The number of anilines is 1. The summed E-state index contributed by atoms with van der Waals surface area (Å²) in [4.78, 5) is 13.9. The third kappa shape index (κ3) is 4.12. The summed E-state index contributed by atoms with van der Waals surface area (Å²) in [6, 6.07) is 12.3. The van der Waals surface area contributed by atoms with E-state index in [1.165, 1.54) is 18.2 Å². The largest absolute Gasteiger partial charge is 0.364 e. The number of hydrogen-bond acceptors (Lipinski definition) is 2. The molecule has 0 aliphatic rings. The van der Waals surface area contributed by atoms with Gasteiger partial charge in [0.2, 0.25) is 0 Å². The van der Waals surface area contributed by atoms with Gasteiger partial charge in [-0.25, -0.2) is 8.78 Å². The maximum atomic E-state index is 13.5. The summed E-state index contributed by atoms with van der Waals surface area (Å²) in [5.74, 6) is -0.755. The second-order valence-corrected chi connectivity index (χ2v) is 4.80. The van der Waals surface area contributed by atoms with Crippen LogP contribution in [0.25, 0.3) is 0 Å². The fourth-order valence-corrected chi connectivity index (χ4v) is 2.16. The molecule has 0 heterocycles. The molecule has 0 amide bonds. The number of nitrogens with zero attached hydrogens (tertiary/aromatic N) is 1. The molecule has 0 aromatic heterocycles. The molecule has 0 radical (unpaired) electrons. The zero-order valence-corrected chi connectivity index (χ0v) is 11.9. The molecule has 0 saturated heterocycles. The molecule has 2 aromatic rings. The van der Waals surface area contributed by atoms with Crippen molar-refractivity contribution in [3.8, 4) is 0 Å². The van der Waals surface area contributed by atoms with Gasteiger partial charge in [0.15, 0.2) is 5.78 Å². The first-order valence-corrected chi connectivity index (χ1v) is 6.85. The molecule has 0 aliphatic carbocycles. The fraction of sp³-hybridized carbons (Fsp3) is 0.235. The van der Waals surface area contributed by atoms with E-state index < -0.39 is 0 Å². The molecule has 2 rings (SSSR count). The fourth-order valence-electron chi connectivity index (χ4n) is 2.16. The molecule has 0 fully saturated rings. The number of rotatable bonds is 6. The average molecular weight is 289 g/mol. The Morgan fingerprint density at radius 2 is 1.71 bits per heavy atom. The Balaban J connectivity index is 2.03. The predicted octanol–water partition coefficient (Wildman–Crippen LogP) is 3.60. The van der Waals surface area contributed by atoms with Crippen LogP contribution >= 0.6 is 0 Å². The van der Waals surface area contributed by atoms with Gasteiger partial charge in [-0.1, -0.05) is 18.2 Å². The smallest absolute Gasteiger partial charge is 0.156 e. The van der Waals surface area contributed by atoms with Crippen LogP contribution in [0.4, 0.5) is 14.5 Å². The summed E-state index contributed by atoms with van der Waals surface area (Å²) in [5.41, 5.74) is 1.18. The van der Waals surface area contributed by atoms with Crippen LogP contribution < -0.4 is 4.90 Å². The van der Waals surface area contributed by atoms with E-state index in [9.17, 15) is 13.6 Å². The van der Waals surface area contributed by atoms with Crippen LogP contribution in [0.5, 0.6) is 0 Å². The summed E-state index contributed by atoms with van der Waals surface area (Å²) in [6.07, 6.45) is 0.0599. The van der Waals surface area contributed by atoms with Crippen molar-refractivity contribution in [2.24, 2.45) is 0 Å². The molecule has 0 N–H and O–H groups in total. The summed E-state index contributed by atoms with van der Waals surface area (Å²) in [7, 11) is 0. The van der Waals surface area contributed by atoms with Crippen molar-refractivity contribution < 1.29 is 13.6 Å². The monoisotopic (exact) mass is 289 g/mol. The minimum Gasteiger partial charge on any atom is -0.364 e. The van der Waals surface area contributed by atoms with Crippen LogP contribution in [0, 0.1) is 11.6 Å². The van der Waals surface area contributed by atoms with Crippen LogP contribution in [-0.2, 0) is 11.2 Å². The van der Waals surface area contributed by atoms with Gasteiger partial charge in [0.1, 0.15) is 11.6 Å². The lowest BCUT2D eigenvalue weighted by molar-refractivity contribution is -0.117. The van der Waals surface area contributed by atoms with E-state index in [1.807, 2.05) is 11.8 Å². The third-order valence-electron chi connectivity index (χ3n) is 3.29. The van der Waals surface area contributed by atoms with Crippen LogP contribution in [0.2, 0.25) is 0 Å². The normalized spacial score (nSPS) is 10.4. The van der Waals surface area contributed by atoms with Gasteiger partial charge < -0.3 is 4.90 Å². The second-order valence-electron chi connectivity index (χ2n) is 4.80. The number of halogens is 2. The van der Waals surface area contributed by atoms with E-state index in [0.717, 1.165) is 5.69 Å². The van der Waals surface area contributed by atoms with Crippen molar-refractivity contribution in [3.63, 3.8) is 0 Å². The summed E-state index contributed by atoms with van der Waals surface area (Å²) in [5, 5.41) is 0. The molecule has 0 saturated carbocycles. The van der Waals surface area contributed by atoms with Crippen LogP contribution in [0.3, 0.4) is 0 Å². The minimum atomic E-state index is -0.365. The van der Waals surface area contributed by atoms with Gasteiger partial charge >= 0.3 is 0 Å². The molecule has 2 aromatic carbocycles. The molecule has 2 nitrogen and oxygen atoms in total. The third-order valence-corrected chi connectivity index (χ3v) is 3.29. The topological polar surface area (TPSA) is 20.3 Å². The first-order chi connectivity index (χ1) is 10.1. The number of hydrogen-bond donors (Lipinski definition) is 0. The number of carbonyl (C=O) groups excluding carboxylic acids is 1. The van der Waals surface area contributed by atoms with Crippen LogP contribution in [0.1, 0.15) is 12.5 Å². The van der Waals surface area contributed by atoms with Gasteiger partial charge in [0, 0.05) is 18.7 Å². The van der Waals surface area contributed by atoms with Crippen LogP contribution in [-0.4, -0.2) is 18.9 Å². The lowest BCUT2D eigenvalue weighted by atomic mass is 10.1. The standard InChI is InChI=1S/C17H17F2NO/c1-2-20(15-9-7-14(18)8-10-15)12-16(21)11-13-5-3-4-6-17(13)19/h3-10H,2,11-12H2,1H3. The second kappa shape index (κ2) is 6.97. The molecule has 0 spiro atoms. The van der Waals surface area contributed by atoms with E-state index in [2.05, 4.69) is 0 Å². The van der Waals surface area contributed by atoms with Gasteiger partial charge in [-0.3, -0.25) is 4.79 Å². The Labute approximate surface area is 123 Å². The van der Waals surface area contributed by atoms with Crippen molar-refractivity contribution in [3.05, 3.63) is 65.7 Å². The van der Waals surface area contributed by atoms with Gasteiger partial charge in [0.25, 0.3) is 0 Å². The molecule has 0 unspecified atom stereocenters. The zero-order valence-electron chi connectivity index (χ0n) is 11.9. The highest BCUT2D eigenvalue weighted by Crippen LogP contribution is 2.15. The quantitative estimate of drug-likeness (QED) is 0.810. The summed E-state index contributed by atoms with van der Waals surface area (Å²) in [6.45, 7) is 2.71. The molecule has 21 heavy (non-hydrogen) atoms. The molecular formula is C17H17F2NO. The zero-order chi connectivity index (χ0) is 15.2. The van der Waals surface area contributed by atoms with E-state index in [-0.39, 0.29) is 30.4 Å². The maximum Gasteiger partial charge on any atom is 0.156 e. The molecule has 4 heteroatoms. The van der Waals surface area contributed by atoms with Gasteiger partial charge in [0.05, 0.1) is 6.54 Å². The summed E-state index contributed by atoms with van der Waals surface area (Å²) >= 11 is 0. The molecular weight excluding hydrogens is 272 g/mol. The Morgan fingerprint density at radius 1 is 1.05 bits per heavy atom. The van der Waals surface area contributed by atoms with Crippen molar-refractivity contribution in [1.29, 1.82) is 0 Å². The van der Waals surface area contributed by atoms with Gasteiger partial charge in [-0.15, -0.1) is 0 Å². The number of Topliss-reactive ketones (excluding diaryl/α,β-unsaturated/α-hetero) is 1. The van der Waals surface area contributed by atoms with Gasteiger partial charge in [-0.05, 0) is 42.8 Å². The van der Waals surface area contributed by atoms with Gasteiger partial charge in [-0.2, -0.15) is 0 Å².